The van der Waals surface area contributed by atoms with Crippen LogP contribution in [0.4, 0.5) is 0 Å². The molecule has 0 heterocycles. The fourth-order valence-corrected chi connectivity index (χ4v) is 7.37. The van der Waals surface area contributed by atoms with E-state index in [1.54, 1.807) is 6.07 Å². The van der Waals surface area contributed by atoms with Crippen molar-refractivity contribution in [1.82, 2.24) is 0 Å². The topological polar surface area (TPSA) is 113 Å². The van der Waals surface area contributed by atoms with Crippen molar-refractivity contribution in [2.75, 3.05) is 12.5 Å². The third-order valence-electron chi connectivity index (χ3n) is 7.47. The number of carbonyl (C=O) groups is 1. The summed E-state index contributed by atoms with van der Waals surface area (Å²) in [5.41, 5.74) is 1.61. The Balaban J connectivity index is 1.73. The van der Waals surface area contributed by atoms with E-state index in [0.717, 1.165) is 55.7 Å². The summed E-state index contributed by atoms with van der Waals surface area (Å²) in [4.78, 5) is 11.6. The van der Waals surface area contributed by atoms with Gasteiger partial charge in [-0.25, -0.2) is 0 Å². The molecule has 5 atom stereocenters. The Morgan fingerprint density at radius 1 is 1.00 bits per heavy atom. The van der Waals surface area contributed by atoms with Gasteiger partial charge in [0, 0.05) is 24.0 Å². The van der Waals surface area contributed by atoms with Gasteiger partial charge in [-0.2, -0.15) is 16.8 Å². The smallest absolute Gasteiger partial charge is 0.306 e. The van der Waals surface area contributed by atoms with Crippen molar-refractivity contribution in [3.05, 3.63) is 23.3 Å². The minimum atomic E-state index is -3.82. The number of aryl methyl sites for hydroxylation is 1. The van der Waals surface area contributed by atoms with Crippen molar-refractivity contribution in [2.24, 2.45) is 17.3 Å². The number of carbonyl (C=O) groups excluding carboxylic acids is 1. The Morgan fingerprint density at radius 2 is 1.69 bits per heavy atom. The van der Waals surface area contributed by atoms with Gasteiger partial charge in [-0.3, -0.25) is 4.79 Å². The molecule has 1 aromatic carbocycles. The van der Waals surface area contributed by atoms with E-state index in [0.29, 0.717) is 18.3 Å². The molecule has 0 saturated heterocycles. The summed E-state index contributed by atoms with van der Waals surface area (Å²) in [6, 6.07) is 3.05. The standard InChI is InChI=1S/C22H30O8S2/c1-13(23)28-20-8-7-18-16-6-5-14-11-15(29-31(3,24)25)12-19(30-32(4,26)27)21(14)17(16)9-10-22(18,20)2/h11-12,16-18,20H,5-10H2,1-4H3/t16-,17-,18-,20-,22-/m0/s1. The Morgan fingerprint density at radius 3 is 2.31 bits per heavy atom. The first kappa shape index (κ1) is 23.4. The summed E-state index contributed by atoms with van der Waals surface area (Å²) < 4.78 is 63.3. The van der Waals surface area contributed by atoms with Gasteiger partial charge in [-0.15, -0.1) is 0 Å². The second-order valence-electron chi connectivity index (χ2n) is 9.70. The molecule has 0 N–H and O–H groups in total. The molecule has 0 unspecified atom stereocenters. The molecule has 1 aromatic rings. The molecule has 2 fully saturated rings. The third-order valence-corrected chi connectivity index (χ3v) is 8.44. The quantitative estimate of drug-likeness (QED) is 0.461. The number of esters is 1. The summed E-state index contributed by atoms with van der Waals surface area (Å²) in [6.45, 7) is 3.66. The Hall–Kier alpha value is -1.81. The first-order valence-electron chi connectivity index (χ1n) is 10.9. The third kappa shape index (κ3) is 4.48. The van der Waals surface area contributed by atoms with Crippen LogP contribution >= 0.6 is 0 Å². The van der Waals surface area contributed by atoms with Gasteiger partial charge in [0.2, 0.25) is 0 Å². The van der Waals surface area contributed by atoms with E-state index in [1.807, 2.05) is 0 Å². The summed E-state index contributed by atoms with van der Waals surface area (Å²) >= 11 is 0. The van der Waals surface area contributed by atoms with Crippen LogP contribution in [0, 0.1) is 17.3 Å². The number of hydrogen-bond acceptors (Lipinski definition) is 8. The van der Waals surface area contributed by atoms with Gasteiger partial charge in [0.1, 0.15) is 17.6 Å². The van der Waals surface area contributed by atoms with Gasteiger partial charge >= 0.3 is 26.2 Å². The van der Waals surface area contributed by atoms with Gasteiger partial charge in [0.15, 0.2) is 0 Å². The lowest BCUT2D eigenvalue weighted by atomic mass is 9.55. The maximum Gasteiger partial charge on any atom is 0.306 e. The minimum absolute atomic E-state index is 0.0554. The molecular weight excluding hydrogens is 456 g/mol. The second-order valence-corrected chi connectivity index (χ2v) is 12.9. The second kappa shape index (κ2) is 7.90. The van der Waals surface area contributed by atoms with Gasteiger partial charge in [0.05, 0.1) is 12.5 Å². The molecule has 0 amide bonds. The predicted molar refractivity (Wildman–Crippen MR) is 118 cm³/mol. The zero-order valence-electron chi connectivity index (χ0n) is 18.8. The molecular formula is C22H30O8S2. The highest BCUT2D eigenvalue weighted by Gasteiger charge is 2.56. The number of ether oxygens (including phenoxy) is 1. The van der Waals surface area contributed by atoms with E-state index in [4.69, 9.17) is 13.1 Å². The maximum atomic E-state index is 12.0. The molecule has 0 aromatic heterocycles. The number of benzene rings is 1. The average Bonchev–Trinajstić information content (AvgIpc) is 2.94. The van der Waals surface area contributed by atoms with Crippen LogP contribution in [0.3, 0.4) is 0 Å². The molecule has 32 heavy (non-hydrogen) atoms. The van der Waals surface area contributed by atoms with Crippen LogP contribution in [0.5, 0.6) is 11.5 Å². The molecule has 0 radical (unpaired) electrons. The summed E-state index contributed by atoms with van der Waals surface area (Å²) in [7, 11) is -7.59. The van der Waals surface area contributed by atoms with Crippen molar-refractivity contribution in [2.45, 2.75) is 64.4 Å². The van der Waals surface area contributed by atoms with Crippen molar-refractivity contribution in [3.8, 4) is 11.5 Å². The van der Waals surface area contributed by atoms with E-state index < -0.39 is 20.2 Å². The molecule has 0 bridgehead atoms. The molecule has 3 aliphatic rings. The van der Waals surface area contributed by atoms with Crippen molar-refractivity contribution in [1.29, 1.82) is 0 Å². The molecule has 10 heteroatoms. The SMILES string of the molecule is CC(=O)O[C@H]1CC[C@H]2[C@H]3CCc4cc(OS(C)(=O)=O)cc(OS(C)(=O)=O)c4[C@H]3CC[C@]12C. The fraction of sp³-hybridized carbons (Fsp3) is 0.682. The molecule has 4 rings (SSSR count). The lowest BCUT2D eigenvalue weighted by Crippen LogP contribution is -2.45. The summed E-state index contributed by atoms with van der Waals surface area (Å²) in [5, 5.41) is 0. The predicted octanol–water partition coefficient (Wildman–Crippen LogP) is 3.15. The van der Waals surface area contributed by atoms with Gasteiger partial charge < -0.3 is 13.1 Å². The Bertz CT molecular complexity index is 1140. The van der Waals surface area contributed by atoms with Crippen LogP contribution in [-0.2, 0) is 36.2 Å². The van der Waals surface area contributed by atoms with Crippen molar-refractivity contribution < 1.29 is 34.7 Å². The molecule has 8 nitrogen and oxygen atoms in total. The van der Waals surface area contributed by atoms with Crippen LogP contribution in [0.1, 0.15) is 63.0 Å². The molecule has 0 spiro atoms. The monoisotopic (exact) mass is 486 g/mol. The van der Waals surface area contributed by atoms with Gasteiger partial charge in [0.25, 0.3) is 0 Å². The van der Waals surface area contributed by atoms with Crippen molar-refractivity contribution in [3.63, 3.8) is 0 Å². The number of rotatable bonds is 5. The van der Waals surface area contributed by atoms with E-state index in [9.17, 15) is 21.6 Å². The first-order valence-corrected chi connectivity index (χ1v) is 14.5. The minimum Gasteiger partial charge on any atom is -0.462 e. The van der Waals surface area contributed by atoms with E-state index >= 15 is 0 Å². The first-order chi connectivity index (χ1) is 14.8. The normalized spacial score (nSPS) is 31.8. The lowest BCUT2D eigenvalue weighted by Gasteiger charge is -2.50. The van der Waals surface area contributed by atoms with E-state index in [1.165, 1.54) is 13.0 Å². The van der Waals surface area contributed by atoms with E-state index in [-0.39, 0.29) is 34.9 Å². The van der Waals surface area contributed by atoms with Crippen LogP contribution < -0.4 is 8.37 Å². The maximum absolute atomic E-state index is 12.0. The molecule has 0 aliphatic heterocycles. The highest BCUT2D eigenvalue weighted by molar-refractivity contribution is 7.86. The highest BCUT2D eigenvalue weighted by Crippen LogP contribution is 2.62. The molecule has 2 saturated carbocycles. The molecule has 3 aliphatic carbocycles. The fourth-order valence-electron chi connectivity index (χ4n) is 6.46. The number of hydrogen-bond donors (Lipinski definition) is 0. The zero-order chi connectivity index (χ0) is 23.5. The lowest BCUT2D eigenvalue weighted by molar-refractivity contribution is -0.154. The van der Waals surface area contributed by atoms with Crippen molar-refractivity contribution >= 4 is 26.2 Å². The van der Waals surface area contributed by atoms with Crippen LogP contribution in [0.2, 0.25) is 0 Å². The highest BCUT2D eigenvalue weighted by atomic mass is 32.2. The van der Waals surface area contributed by atoms with Crippen LogP contribution in [0.15, 0.2) is 12.1 Å². The van der Waals surface area contributed by atoms with Crippen LogP contribution in [0.25, 0.3) is 0 Å². The van der Waals surface area contributed by atoms with Crippen LogP contribution in [-0.4, -0.2) is 41.4 Å². The zero-order valence-corrected chi connectivity index (χ0v) is 20.4. The van der Waals surface area contributed by atoms with Gasteiger partial charge in [-0.05, 0) is 67.9 Å². The molecule has 178 valence electrons. The Labute approximate surface area is 189 Å². The number of fused-ring (bicyclic) bond motifs is 5. The van der Waals surface area contributed by atoms with Gasteiger partial charge in [-0.1, -0.05) is 6.92 Å². The average molecular weight is 487 g/mol. The van der Waals surface area contributed by atoms with E-state index in [2.05, 4.69) is 6.92 Å². The summed E-state index contributed by atoms with van der Waals surface area (Å²) in [6.07, 6.45) is 6.86. The Kier molecular flexibility index (Phi) is 5.76. The largest absolute Gasteiger partial charge is 0.462 e. The summed E-state index contributed by atoms with van der Waals surface area (Å²) in [5.74, 6) is 0.714.